The minimum absolute atomic E-state index is 0.204. The molecule has 2 heterocycles. The van der Waals surface area contributed by atoms with Gasteiger partial charge in [0.15, 0.2) is 0 Å². The van der Waals surface area contributed by atoms with Crippen LogP contribution in [0.15, 0.2) is 85.2 Å². The molecule has 4 aromatic carbocycles. The molecule has 162 valence electrons. The molecule has 0 atom stereocenters. The molecule has 0 bridgehead atoms. The first kappa shape index (κ1) is 19.7. The van der Waals surface area contributed by atoms with Crippen LogP contribution in [0.1, 0.15) is 0 Å². The first-order valence-electron chi connectivity index (χ1n) is 10.4. The highest BCUT2D eigenvalue weighted by Crippen LogP contribution is 2.44. The van der Waals surface area contributed by atoms with Gasteiger partial charge in [-0.3, -0.25) is 0 Å². The van der Waals surface area contributed by atoms with E-state index in [1.54, 1.807) is 24.3 Å². The van der Waals surface area contributed by atoms with Crippen LogP contribution >= 0.6 is 0 Å². The molecule has 0 radical (unpaired) electrons. The molecular formula is C26H14N4O4. The van der Waals surface area contributed by atoms with Gasteiger partial charge in [-0.05, 0) is 87.5 Å². The predicted molar refractivity (Wildman–Crippen MR) is 130 cm³/mol. The van der Waals surface area contributed by atoms with Crippen molar-refractivity contribution < 1.29 is 9.85 Å². The van der Waals surface area contributed by atoms with Crippen LogP contribution in [0.25, 0.3) is 54.6 Å². The highest BCUT2D eigenvalue weighted by Gasteiger charge is 2.22. The minimum atomic E-state index is -0.479. The van der Waals surface area contributed by atoms with Crippen LogP contribution in [0, 0.1) is 20.2 Å². The van der Waals surface area contributed by atoms with Gasteiger partial charge in [0.1, 0.15) is 12.4 Å². The number of nitrogens with zero attached hydrogens (tertiary/aromatic N) is 4. The maximum atomic E-state index is 11.6. The van der Waals surface area contributed by atoms with E-state index in [1.807, 2.05) is 48.5 Å². The zero-order chi connectivity index (χ0) is 23.4. The zero-order valence-electron chi connectivity index (χ0n) is 17.5. The van der Waals surface area contributed by atoms with Gasteiger partial charge >= 0.3 is 11.6 Å². The summed E-state index contributed by atoms with van der Waals surface area (Å²) in [4.78, 5) is 30.3. The Balaban J connectivity index is 1.73. The van der Waals surface area contributed by atoms with Gasteiger partial charge in [-0.1, -0.05) is 48.5 Å². The molecule has 6 rings (SSSR count). The van der Waals surface area contributed by atoms with Crippen LogP contribution < -0.4 is 0 Å². The molecule has 2 aromatic heterocycles. The molecule has 0 aliphatic carbocycles. The van der Waals surface area contributed by atoms with E-state index in [0.717, 1.165) is 32.3 Å². The molecule has 0 amide bonds. The van der Waals surface area contributed by atoms with E-state index >= 15 is 0 Å². The first-order chi connectivity index (χ1) is 16.5. The molecule has 8 nitrogen and oxygen atoms in total. The normalized spacial score (nSPS) is 11.4. The maximum absolute atomic E-state index is 11.6. The smallest absolute Gasteiger partial charge is 0.358 e. The number of pyridine rings is 2. The van der Waals surface area contributed by atoms with E-state index < -0.39 is 9.85 Å². The first-order valence-corrected chi connectivity index (χ1v) is 10.4. The molecule has 0 saturated carbocycles. The van der Waals surface area contributed by atoms with Crippen LogP contribution in [0.5, 0.6) is 0 Å². The summed E-state index contributed by atoms with van der Waals surface area (Å²) in [7, 11) is 0. The summed E-state index contributed by atoms with van der Waals surface area (Å²) in [5.74, 6) is -0.409. The number of hydrogen-bond acceptors (Lipinski definition) is 6. The number of hydrogen-bond donors (Lipinski definition) is 0. The monoisotopic (exact) mass is 446 g/mol. The lowest BCUT2D eigenvalue weighted by Crippen LogP contribution is -1.97. The van der Waals surface area contributed by atoms with Crippen molar-refractivity contribution in [1.29, 1.82) is 0 Å². The molecule has 0 unspecified atom stereocenters. The fraction of sp³-hybridized carbons (Fsp3) is 0. The summed E-state index contributed by atoms with van der Waals surface area (Å²) in [6, 6.07) is 22.2. The van der Waals surface area contributed by atoms with E-state index in [9.17, 15) is 20.2 Å². The summed E-state index contributed by atoms with van der Waals surface area (Å²) in [6.07, 6.45) is 2.81. The number of benzene rings is 4. The van der Waals surface area contributed by atoms with Crippen molar-refractivity contribution in [2.45, 2.75) is 0 Å². The Labute approximate surface area is 191 Å². The summed E-state index contributed by atoms with van der Waals surface area (Å²) in [5.41, 5.74) is 2.29. The van der Waals surface area contributed by atoms with Crippen LogP contribution in [-0.4, -0.2) is 19.8 Å². The summed E-state index contributed by atoms with van der Waals surface area (Å²) in [6.45, 7) is 0. The third-order valence-corrected chi connectivity index (χ3v) is 6.16. The number of nitro groups is 2. The van der Waals surface area contributed by atoms with Crippen molar-refractivity contribution in [2.24, 2.45) is 0 Å². The van der Waals surface area contributed by atoms with Crippen LogP contribution in [0.3, 0.4) is 0 Å². The van der Waals surface area contributed by atoms with Gasteiger partial charge in [0, 0.05) is 0 Å². The third kappa shape index (κ3) is 2.79. The lowest BCUT2D eigenvalue weighted by molar-refractivity contribution is -0.388. The van der Waals surface area contributed by atoms with E-state index in [2.05, 4.69) is 9.97 Å². The fourth-order valence-corrected chi connectivity index (χ4v) is 4.78. The van der Waals surface area contributed by atoms with Crippen LogP contribution in [0.4, 0.5) is 11.6 Å². The summed E-state index contributed by atoms with van der Waals surface area (Å²) in [5, 5.41) is 28.8. The van der Waals surface area contributed by atoms with Crippen molar-refractivity contribution in [3.63, 3.8) is 0 Å². The van der Waals surface area contributed by atoms with Crippen molar-refractivity contribution >= 4 is 44.0 Å². The van der Waals surface area contributed by atoms with E-state index in [1.165, 1.54) is 12.4 Å². The summed E-state index contributed by atoms with van der Waals surface area (Å²) >= 11 is 0. The Bertz CT molecular complexity index is 1650. The third-order valence-electron chi connectivity index (χ3n) is 6.16. The second-order valence-corrected chi connectivity index (χ2v) is 7.91. The summed E-state index contributed by atoms with van der Waals surface area (Å²) < 4.78 is 0. The largest absolute Gasteiger partial charge is 0.371 e. The van der Waals surface area contributed by atoms with Crippen LogP contribution in [0.2, 0.25) is 0 Å². The molecule has 0 aliphatic heterocycles. The quantitative estimate of drug-likeness (QED) is 0.173. The predicted octanol–water partition coefficient (Wildman–Crippen LogP) is 6.52. The van der Waals surface area contributed by atoms with Gasteiger partial charge in [-0.25, -0.2) is 0 Å². The molecule has 0 fully saturated rings. The number of aromatic nitrogens is 2. The van der Waals surface area contributed by atoms with Crippen LogP contribution in [-0.2, 0) is 0 Å². The minimum Gasteiger partial charge on any atom is -0.358 e. The van der Waals surface area contributed by atoms with E-state index in [0.29, 0.717) is 22.3 Å². The Kier molecular flexibility index (Phi) is 4.21. The maximum Gasteiger partial charge on any atom is 0.371 e. The average Bonchev–Trinajstić information content (AvgIpc) is 2.87. The topological polar surface area (TPSA) is 112 Å². The van der Waals surface area contributed by atoms with Gasteiger partial charge in [0.05, 0.1) is 11.1 Å². The van der Waals surface area contributed by atoms with Gasteiger partial charge in [-0.15, -0.1) is 0 Å². The Morgan fingerprint density at radius 1 is 0.529 bits per heavy atom. The molecule has 0 saturated heterocycles. The Hall–Kier alpha value is -4.98. The molecule has 0 aliphatic rings. The Morgan fingerprint density at radius 3 is 1.35 bits per heavy atom. The van der Waals surface area contributed by atoms with Crippen molar-refractivity contribution in [1.82, 2.24) is 9.97 Å². The standard InChI is InChI=1S/C26H14N4O4/c31-29(32)25-21(3-1-13-27-25)17-9-5-15-8-12-20-18(22-4-2-14-28-26(22)30(33)34)10-6-16-7-11-19(17)23(15)24(16)20/h1-14H. The van der Waals surface area contributed by atoms with Gasteiger partial charge in [0.25, 0.3) is 0 Å². The van der Waals surface area contributed by atoms with E-state index in [4.69, 9.17) is 0 Å². The number of rotatable bonds is 4. The average molecular weight is 446 g/mol. The lowest BCUT2D eigenvalue weighted by Gasteiger charge is -2.16. The molecule has 8 heteroatoms. The molecular weight excluding hydrogens is 432 g/mol. The zero-order valence-corrected chi connectivity index (χ0v) is 17.5. The molecule has 34 heavy (non-hydrogen) atoms. The van der Waals surface area contributed by atoms with Crippen molar-refractivity contribution in [3.05, 3.63) is 105 Å². The lowest BCUT2D eigenvalue weighted by atomic mass is 9.87. The highest BCUT2D eigenvalue weighted by atomic mass is 16.6. The SMILES string of the molecule is O=[N+]([O-])c1ncccc1-c1ccc2ccc3c(-c4cccnc4[N+](=O)[O-])ccc4ccc1c2c43. The van der Waals surface area contributed by atoms with Crippen molar-refractivity contribution in [3.8, 4) is 22.3 Å². The fourth-order valence-electron chi connectivity index (χ4n) is 4.78. The highest BCUT2D eigenvalue weighted by molar-refractivity contribution is 6.27. The molecule has 0 spiro atoms. The second kappa shape index (κ2) is 7.28. The van der Waals surface area contributed by atoms with Gasteiger partial charge in [0.2, 0.25) is 0 Å². The second-order valence-electron chi connectivity index (χ2n) is 7.91. The Morgan fingerprint density at radius 2 is 0.941 bits per heavy atom. The molecule has 6 aromatic rings. The van der Waals surface area contributed by atoms with Gasteiger partial charge in [-0.2, -0.15) is 0 Å². The van der Waals surface area contributed by atoms with Gasteiger partial charge < -0.3 is 20.2 Å². The van der Waals surface area contributed by atoms with E-state index in [-0.39, 0.29) is 11.6 Å². The van der Waals surface area contributed by atoms with Crippen molar-refractivity contribution in [2.75, 3.05) is 0 Å². The molecule has 0 N–H and O–H groups in total.